The highest BCUT2D eigenvalue weighted by molar-refractivity contribution is 6.34. The van der Waals surface area contributed by atoms with Gasteiger partial charge in [-0.3, -0.25) is 14.4 Å². The Kier molecular flexibility index (Phi) is 6.72. The van der Waals surface area contributed by atoms with Crippen LogP contribution in [0.25, 0.3) is 0 Å². The van der Waals surface area contributed by atoms with Crippen LogP contribution in [-0.4, -0.2) is 30.3 Å². The topological polar surface area (TPSA) is 78.5 Å². The molecular weight excluding hydrogens is 409 g/mol. The van der Waals surface area contributed by atoms with Gasteiger partial charge in [-0.25, -0.2) is 4.39 Å². The van der Waals surface area contributed by atoms with Crippen LogP contribution in [0.4, 0.5) is 15.8 Å². The van der Waals surface area contributed by atoms with E-state index >= 15 is 0 Å². The second-order valence-electron chi connectivity index (χ2n) is 7.48. The first kappa shape index (κ1) is 21.8. The highest BCUT2D eigenvalue weighted by atomic mass is 35.5. The second-order valence-corrected chi connectivity index (χ2v) is 7.89. The van der Waals surface area contributed by atoms with E-state index in [2.05, 4.69) is 10.6 Å². The van der Waals surface area contributed by atoms with E-state index in [9.17, 15) is 18.8 Å². The zero-order chi connectivity index (χ0) is 21.8. The summed E-state index contributed by atoms with van der Waals surface area (Å²) in [7, 11) is 0. The molecule has 0 radical (unpaired) electrons. The van der Waals surface area contributed by atoms with Crippen molar-refractivity contribution >= 4 is 40.7 Å². The lowest BCUT2D eigenvalue weighted by atomic mass is 10.0. The number of carbonyl (C=O) groups excluding carboxylic acids is 3. The van der Waals surface area contributed by atoms with Gasteiger partial charge in [-0.15, -0.1) is 0 Å². The minimum absolute atomic E-state index is 0.0180. The molecule has 30 heavy (non-hydrogen) atoms. The fourth-order valence-electron chi connectivity index (χ4n) is 3.33. The molecule has 2 aromatic carbocycles. The SMILES string of the molecule is CC(C)C(NC(=O)c1ccccc1F)C(=O)Nc1ccc(N2CCCC2=O)c(Cl)c1. The van der Waals surface area contributed by atoms with E-state index in [1.54, 1.807) is 43.0 Å². The summed E-state index contributed by atoms with van der Waals surface area (Å²) in [6, 6.07) is 9.61. The van der Waals surface area contributed by atoms with Gasteiger partial charge in [-0.1, -0.05) is 37.6 Å². The van der Waals surface area contributed by atoms with Crippen molar-refractivity contribution in [1.29, 1.82) is 0 Å². The van der Waals surface area contributed by atoms with Crippen LogP contribution in [0.2, 0.25) is 5.02 Å². The highest BCUT2D eigenvalue weighted by Crippen LogP contribution is 2.31. The Morgan fingerprint density at radius 3 is 2.50 bits per heavy atom. The molecule has 8 heteroatoms. The smallest absolute Gasteiger partial charge is 0.254 e. The number of benzene rings is 2. The Labute approximate surface area is 179 Å². The Morgan fingerprint density at radius 1 is 1.17 bits per heavy atom. The molecule has 1 aliphatic heterocycles. The van der Waals surface area contributed by atoms with E-state index in [1.807, 2.05) is 0 Å². The van der Waals surface area contributed by atoms with Gasteiger partial charge in [0.05, 0.1) is 16.3 Å². The van der Waals surface area contributed by atoms with Crippen LogP contribution >= 0.6 is 11.6 Å². The van der Waals surface area contributed by atoms with Gasteiger partial charge in [0.25, 0.3) is 5.91 Å². The molecule has 1 atom stereocenters. The summed E-state index contributed by atoms with van der Waals surface area (Å²) in [6.45, 7) is 4.17. The van der Waals surface area contributed by atoms with Gasteiger partial charge in [0.2, 0.25) is 11.8 Å². The molecule has 6 nitrogen and oxygen atoms in total. The Morgan fingerprint density at radius 2 is 1.90 bits per heavy atom. The van der Waals surface area contributed by atoms with Crippen LogP contribution in [0.5, 0.6) is 0 Å². The lowest BCUT2D eigenvalue weighted by Gasteiger charge is -2.22. The van der Waals surface area contributed by atoms with Crippen LogP contribution in [-0.2, 0) is 9.59 Å². The predicted octanol–water partition coefficient (Wildman–Crippen LogP) is 4.00. The zero-order valence-electron chi connectivity index (χ0n) is 16.7. The summed E-state index contributed by atoms with van der Waals surface area (Å²) in [5, 5.41) is 5.67. The van der Waals surface area contributed by atoms with Crippen molar-refractivity contribution in [3.8, 4) is 0 Å². The number of rotatable bonds is 6. The number of halogens is 2. The molecule has 3 rings (SSSR count). The third-order valence-electron chi connectivity index (χ3n) is 4.93. The summed E-state index contributed by atoms with van der Waals surface area (Å²) >= 11 is 6.33. The number of carbonyl (C=O) groups is 3. The third kappa shape index (κ3) is 4.79. The lowest BCUT2D eigenvalue weighted by Crippen LogP contribution is -2.47. The first-order valence-corrected chi connectivity index (χ1v) is 10.1. The number of amides is 3. The molecule has 1 aliphatic rings. The molecule has 0 aliphatic carbocycles. The third-order valence-corrected chi connectivity index (χ3v) is 5.24. The Hall–Kier alpha value is -2.93. The monoisotopic (exact) mass is 431 g/mol. The van der Waals surface area contributed by atoms with Crippen LogP contribution in [0.3, 0.4) is 0 Å². The van der Waals surface area contributed by atoms with Crippen molar-refractivity contribution in [3.05, 3.63) is 58.9 Å². The first-order chi connectivity index (χ1) is 14.3. The van der Waals surface area contributed by atoms with Crippen molar-refractivity contribution in [2.45, 2.75) is 32.7 Å². The Bertz CT molecular complexity index is 980. The first-order valence-electron chi connectivity index (χ1n) is 9.74. The molecule has 1 saturated heterocycles. The molecular formula is C22H23ClFN3O3. The van der Waals surface area contributed by atoms with Crippen LogP contribution in [0.1, 0.15) is 37.0 Å². The standard InChI is InChI=1S/C22H23ClFN3O3/c1-13(2)20(26-21(29)15-6-3-4-7-17(15)24)22(30)25-14-9-10-18(16(23)12-14)27-11-5-8-19(27)28/h3-4,6-7,9-10,12-13,20H,5,8,11H2,1-2H3,(H,25,30)(H,26,29). The van der Waals surface area contributed by atoms with Gasteiger partial charge in [0.1, 0.15) is 11.9 Å². The Balaban J connectivity index is 1.72. The maximum absolute atomic E-state index is 13.9. The summed E-state index contributed by atoms with van der Waals surface area (Å²) in [5.41, 5.74) is 0.912. The maximum atomic E-state index is 13.9. The largest absolute Gasteiger partial charge is 0.340 e. The van der Waals surface area contributed by atoms with Crippen molar-refractivity contribution in [1.82, 2.24) is 5.32 Å². The predicted molar refractivity (Wildman–Crippen MR) is 114 cm³/mol. The average molecular weight is 432 g/mol. The number of nitrogens with zero attached hydrogens (tertiary/aromatic N) is 1. The van der Waals surface area contributed by atoms with Gasteiger partial charge >= 0.3 is 0 Å². The molecule has 0 spiro atoms. The van der Waals surface area contributed by atoms with E-state index < -0.39 is 23.7 Å². The van der Waals surface area contributed by atoms with E-state index in [4.69, 9.17) is 11.6 Å². The van der Waals surface area contributed by atoms with Gasteiger partial charge in [0, 0.05) is 18.7 Å². The summed E-state index contributed by atoms with van der Waals surface area (Å²) < 4.78 is 13.9. The fourth-order valence-corrected chi connectivity index (χ4v) is 3.61. The molecule has 0 bridgehead atoms. The normalized spacial score (nSPS) is 14.7. The van der Waals surface area contributed by atoms with Crippen molar-refractivity contribution in [2.75, 3.05) is 16.8 Å². The minimum atomic E-state index is -0.879. The van der Waals surface area contributed by atoms with E-state index in [0.29, 0.717) is 29.4 Å². The quantitative estimate of drug-likeness (QED) is 0.725. The van der Waals surface area contributed by atoms with Crippen molar-refractivity contribution in [3.63, 3.8) is 0 Å². The summed E-state index contributed by atoms with van der Waals surface area (Å²) in [4.78, 5) is 38.8. The molecule has 0 saturated carbocycles. The van der Waals surface area contributed by atoms with Crippen LogP contribution < -0.4 is 15.5 Å². The summed E-state index contributed by atoms with van der Waals surface area (Å²) in [6.07, 6.45) is 1.28. The van der Waals surface area contributed by atoms with Crippen molar-refractivity contribution < 1.29 is 18.8 Å². The molecule has 2 aromatic rings. The molecule has 0 aromatic heterocycles. The molecule has 1 unspecified atom stereocenters. The lowest BCUT2D eigenvalue weighted by molar-refractivity contribution is -0.119. The van der Waals surface area contributed by atoms with Gasteiger partial charge < -0.3 is 15.5 Å². The van der Waals surface area contributed by atoms with Crippen molar-refractivity contribution in [2.24, 2.45) is 5.92 Å². The summed E-state index contributed by atoms with van der Waals surface area (Å²) in [5.74, 6) is -1.99. The molecule has 2 N–H and O–H groups in total. The molecule has 1 fully saturated rings. The van der Waals surface area contributed by atoms with Gasteiger partial charge in [0.15, 0.2) is 0 Å². The maximum Gasteiger partial charge on any atom is 0.254 e. The number of hydrogen-bond acceptors (Lipinski definition) is 3. The number of hydrogen-bond donors (Lipinski definition) is 2. The number of nitrogens with one attached hydrogen (secondary N) is 2. The zero-order valence-corrected chi connectivity index (χ0v) is 17.5. The van der Waals surface area contributed by atoms with Crippen LogP contribution in [0, 0.1) is 11.7 Å². The molecule has 158 valence electrons. The molecule has 1 heterocycles. The number of anilines is 2. The van der Waals surface area contributed by atoms with Gasteiger partial charge in [-0.2, -0.15) is 0 Å². The molecule has 3 amide bonds. The van der Waals surface area contributed by atoms with Gasteiger partial charge in [-0.05, 0) is 42.7 Å². The second kappa shape index (κ2) is 9.26. The fraction of sp³-hybridized carbons (Fsp3) is 0.318. The minimum Gasteiger partial charge on any atom is -0.340 e. The highest BCUT2D eigenvalue weighted by Gasteiger charge is 2.27. The van der Waals surface area contributed by atoms with Crippen LogP contribution in [0.15, 0.2) is 42.5 Å². The van der Waals surface area contributed by atoms with E-state index in [-0.39, 0.29) is 17.4 Å². The average Bonchev–Trinajstić information content (AvgIpc) is 3.11. The van der Waals surface area contributed by atoms with E-state index in [1.165, 1.54) is 18.2 Å². The van der Waals surface area contributed by atoms with E-state index in [0.717, 1.165) is 6.42 Å².